The lowest BCUT2D eigenvalue weighted by molar-refractivity contribution is -0.128. The topological polar surface area (TPSA) is 55.1 Å². The number of benzene rings is 1. The highest BCUT2D eigenvalue weighted by Crippen LogP contribution is 2.41. The Balaban J connectivity index is 1.70. The van der Waals surface area contributed by atoms with Crippen molar-refractivity contribution in [1.29, 1.82) is 0 Å². The van der Waals surface area contributed by atoms with E-state index in [4.69, 9.17) is 5.73 Å². The van der Waals surface area contributed by atoms with Crippen molar-refractivity contribution in [3.63, 3.8) is 0 Å². The third-order valence-electron chi connectivity index (χ3n) is 4.84. The van der Waals surface area contributed by atoms with Crippen LogP contribution in [0.4, 0.5) is 0 Å². The summed E-state index contributed by atoms with van der Waals surface area (Å²) in [5.41, 5.74) is 6.94. The summed E-state index contributed by atoms with van der Waals surface area (Å²) < 4.78 is 0. The van der Waals surface area contributed by atoms with E-state index in [0.29, 0.717) is 6.54 Å². The Kier molecular flexibility index (Phi) is 5.13. The molecule has 1 aliphatic carbocycles. The second kappa shape index (κ2) is 7.28. The van der Waals surface area contributed by atoms with E-state index in [0.717, 1.165) is 31.2 Å². The number of carbonyl (C=O) groups excluding carboxylic acids is 1. The molecule has 1 aromatic carbocycles. The molecule has 3 nitrogen and oxygen atoms in total. The molecule has 23 heavy (non-hydrogen) atoms. The molecular weight excluding hydrogens is 304 g/mol. The van der Waals surface area contributed by atoms with Crippen molar-refractivity contribution in [2.75, 3.05) is 6.54 Å². The highest BCUT2D eigenvalue weighted by molar-refractivity contribution is 7.10. The van der Waals surface area contributed by atoms with Gasteiger partial charge in [-0.05, 0) is 29.9 Å². The molecule has 3 rings (SSSR count). The number of thiophene rings is 1. The third kappa shape index (κ3) is 3.48. The number of nitrogens with two attached hydrogens (primary N) is 1. The molecule has 0 bridgehead atoms. The van der Waals surface area contributed by atoms with E-state index in [1.807, 2.05) is 36.4 Å². The van der Waals surface area contributed by atoms with Crippen molar-refractivity contribution in [1.82, 2.24) is 5.32 Å². The van der Waals surface area contributed by atoms with Crippen LogP contribution in [0.2, 0.25) is 0 Å². The van der Waals surface area contributed by atoms with Crippen molar-refractivity contribution in [3.05, 3.63) is 58.3 Å². The van der Waals surface area contributed by atoms with Gasteiger partial charge in [0.25, 0.3) is 0 Å². The summed E-state index contributed by atoms with van der Waals surface area (Å²) in [6.07, 6.45) is 5.36. The molecule has 1 aromatic heterocycles. The van der Waals surface area contributed by atoms with E-state index in [1.165, 1.54) is 11.3 Å². The number of hydrogen-bond acceptors (Lipinski definition) is 3. The Morgan fingerprint density at radius 2 is 1.87 bits per heavy atom. The first-order valence-corrected chi connectivity index (χ1v) is 9.23. The first kappa shape index (κ1) is 16.2. The fourth-order valence-corrected chi connectivity index (χ4v) is 4.46. The van der Waals surface area contributed by atoms with Crippen molar-refractivity contribution in [3.8, 4) is 0 Å². The quantitative estimate of drug-likeness (QED) is 0.878. The molecule has 1 amide bonds. The zero-order chi connectivity index (χ0) is 16.1. The predicted octanol–water partition coefficient (Wildman–Crippen LogP) is 3.77. The number of amides is 1. The van der Waals surface area contributed by atoms with Gasteiger partial charge in [-0.25, -0.2) is 0 Å². The molecule has 122 valence electrons. The maximum atomic E-state index is 13.0. The summed E-state index contributed by atoms with van der Waals surface area (Å²) in [6, 6.07) is 13.9. The zero-order valence-electron chi connectivity index (χ0n) is 13.3. The molecule has 3 N–H and O–H groups in total. The van der Waals surface area contributed by atoms with Gasteiger partial charge in [-0.2, -0.15) is 0 Å². The van der Waals surface area contributed by atoms with Crippen LogP contribution in [0.25, 0.3) is 0 Å². The summed E-state index contributed by atoms with van der Waals surface area (Å²) >= 11 is 1.70. The van der Waals surface area contributed by atoms with Crippen molar-refractivity contribution >= 4 is 17.2 Å². The minimum absolute atomic E-state index is 0.144. The smallest absolute Gasteiger partial charge is 0.231 e. The van der Waals surface area contributed by atoms with Crippen LogP contribution in [-0.4, -0.2) is 12.5 Å². The summed E-state index contributed by atoms with van der Waals surface area (Å²) in [6.45, 7) is 0.482. The van der Waals surface area contributed by atoms with Gasteiger partial charge in [-0.1, -0.05) is 55.7 Å². The lowest BCUT2D eigenvalue weighted by atomic mass is 9.72. The largest absolute Gasteiger partial charge is 0.353 e. The Hall–Kier alpha value is -1.65. The summed E-state index contributed by atoms with van der Waals surface area (Å²) in [4.78, 5) is 14.2. The van der Waals surface area contributed by atoms with Crippen molar-refractivity contribution < 1.29 is 4.79 Å². The predicted molar refractivity (Wildman–Crippen MR) is 95.5 cm³/mol. The highest BCUT2D eigenvalue weighted by atomic mass is 32.1. The third-order valence-corrected chi connectivity index (χ3v) is 5.92. The van der Waals surface area contributed by atoms with E-state index in [1.54, 1.807) is 11.3 Å². The molecule has 1 aliphatic rings. The van der Waals surface area contributed by atoms with Crippen LogP contribution in [0, 0.1) is 0 Å². The maximum absolute atomic E-state index is 13.0. The highest BCUT2D eigenvalue weighted by Gasteiger charge is 2.41. The second-order valence-electron chi connectivity index (χ2n) is 6.35. The molecule has 2 aromatic rings. The fraction of sp³-hybridized carbons (Fsp3) is 0.421. The van der Waals surface area contributed by atoms with Gasteiger partial charge in [0.15, 0.2) is 0 Å². The van der Waals surface area contributed by atoms with Gasteiger partial charge in [-0.15, -0.1) is 11.3 Å². The van der Waals surface area contributed by atoms with Crippen molar-refractivity contribution in [2.24, 2.45) is 5.73 Å². The number of rotatable bonds is 5. The minimum Gasteiger partial charge on any atom is -0.353 e. The van der Waals surface area contributed by atoms with Gasteiger partial charge in [0.05, 0.1) is 5.41 Å². The van der Waals surface area contributed by atoms with Gasteiger partial charge in [-0.3, -0.25) is 4.79 Å². The number of hydrogen-bond donors (Lipinski definition) is 2. The van der Waals surface area contributed by atoms with Crippen LogP contribution >= 0.6 is 11.3 Å². The van der Waals surface area contributed by atoms with Crippen molar-refractivity contribution in [2.45, 2.75) is 43.6 Å². The van der Waals surface area contributed by atoms with E-state index in [9.17, 15) is 4.79 Å². The monoisotopic (exact) mass is 328 g/mol. The van der Waals surface area contributed by atoms with Crippen LogP contribution in [0.1, 0.15) is 48.6 Å². The minimum atomic E-state index is -0.344. The average Bonchev–Trinajstić information content (AvgIpc) is 3.16. The summed E-state index contributed by atoms with van der Waals surface area (Å²) in [5.74, 6) is 0.144. The lowest BCUT2D eigenvalue weighted by Gasteiger charge is -2.35. The van der Waals surface area contributed by atoms with Gasteiger partial charge in [0.2, 0.25) is 5.91 Å². The van der Waals surface area contributed by atoms with Crippen LogP contribution in [-0.2, 0) is 10.2 Å². The first-order chi connectivity index (χ1) is 11.2. The molecule has 0 saturated heterocycles. The molecule has 0 radical (unpaired) electrons. The van der Waals surface area contributed by atoms with E-state index in [-0.39, 0.29) is 17.4 Å². The van der Waals surface area contributed by atoms with Gasteiger partial charge in [0.1, 0.15) is 0 Å². The zero-order valence-corrected chi connectivity index (χ0v) is 14.1. The number of carbonyl (C=O) groups is 1. The number of nitrogens with one attached hydrogen (secondary N) is 1. The van der Waals surface area contributed by atoms with E-state index in [2.05, 4.69) is 16.8 Å². The normalized spacial score (nSPS) is 18.3. The standard InChI is InChI=1S/C19H24N2OS/c20-16(15-8-3-1-4-9-15)14-21-18(22)19(11-5-2-6-12-19)17-10-7-13-23-17/h1,3-4,7-10,13,16H,2,5-6,11-12,14,20H2,(H,21,22). The van der Waals surface area contributed by atoms with Crippen LogP contribution in [0.15, 0.2) is 47.8 Å². The maximum Gasteiger partial charge on any atom is 0.231 e. The van der Waals surface area contributed by atoms with Gasteiger partial charge < -0.3 is 11.1 Å². The summed E-state index contributed by atoms with van der Waals surface area (Å²) in [5, 5.41) is 5.19. The molecule has 1 saturated carbocycles. The molecular formula is C19H24N2OS. The van der Waals surface area contributed by atoms with Crippen LogP contribution < -0.4 is 11.1 Å². The molecule has 0 aliphatic heterocycles. The molecule has 1 atom stereocenters. The lowest BCUT2D eigenvalue weighted by Crippen LogP contribution is -2.47. The summed E-state index contributed by atoms with van der Waals surface area (Å²) in [7, 11) is 0. The first-order valence-electron chi connectivity index (χ1n) is 8.35. The van der Waals surface area contributed by atoms with Gasteiger partial charge >= 0.3 is 0 Å². The molecule has 1 fully saturated rings. The molecule has 1 unspecified atom stereocenters. The Morgan fingerprint density at radius 1 is 1.13 bits per heavy atom. The van der Waals surface area contributed by atoms with Gasteiger partial charge in [0, 0.05) is 17.5 Å². The Morgan fingerprint density at radius 3 is 2.52 bits per heavy atom. The van der Waals surface area contributed by atoms with E-state index >= 15 is 0 Å². The molecule has 1 heterocycles. The second-order valence-corrected chi connectivity index (χ2v) is 7.29. The fourth-order valence-electron chi connectivity index (χ4n) is 3.48. The molecule has 0 spiro atoms. The van der Waals surface area contributed by atoms with Crippen LogP contribution in [0.3, 0.4) is 0 Å². The van der Waals surface area contributed by atoms with E-state index < -0.39 is 0 Å². The average molecular weight is 328 g/mol. The van der Waals surface area contributed by atoms with Crippen LogP contribution in [0.5, 0.6) is 0 Å². The SMILES string of the molecule is NC(CNC(=O)C1(c2cccs2)CCCCC1)c1ccccc1. The Bertz CT molecular complexity index is 618. The molecule has 4 heteroatoms. The Labute approximate surface area is 141 Å².